The molecule has 0 fully saturated rings. The van der Waals surface area contributed by atoms with E-state index < -0.39 is 11.9 Å². The minimum absolute atomic E-state index is 0.479. The van der Waals surface area contributed by atoms with Crippen molar-refractivity contribution in [3.8, 4) is 5.75 Å². The summed E-state index contributed by atoms with van der Waals surface area (Å²) in [7, 11) is 0. The minimum atomic E-state index is -0.796. The van der Waals surface area contributed by atoms with Crippen LogP contribution < -0.4 is 4.74 Å². The highest BCUT2D eigenvalue weighted by molar-refractivity contribution is 5.76. The first-order chi connectivity index (χ1) is 10.6. The highest BCUT2D eigenvalue weighted by atomic mass is 16.5. The number of ether oxygens (including phenoxy) is 1. The number of carboxylic acids is 1. The lowest BCUT2D eigenvalue weighted by molar-refractivity contribution is -0.138. The van der Waals surface area contributed by atoms with Gasteiger partial charge in [0.25, 0.3) is 0 Å². The molecule has 1 atom stereocenters. The maximum atomic E-state index is 11.6. The molecule has 0 aromatic heterocycles. The van der Waals surface area contributed by atoms with Crippen LogP contribution in [0.25, 0.3) is 0 Å². The van der Waals surface area contributed by atoms with Crippen molar-refractivity contribution in [1.82, 2.24) is 0 Å². The highest BCUT2D eigenvalue weighted by Crippen LogP contribution is 2.23. The van der Waals surface area contributed by atoms with E-state index in [0.717, 1.165) is 28.9 Å². The van der Waals surface area contributed by atoms with Crippen LogP contribution in [0.2, 0.25) is 0 Å². The van der Waals surface area contributed by atoms with Crippen molar-refractivity contribution in [3.63, 3.8) is 0 Å². The van der Waals surface area contributed by atoms with Crippen LogP contribution in [0, 0.1) is 6.92 Å². The SMILES string of the molecule is CCCOc1ccc(CC(C(=O)O)c2ccc(C)cc2)cc1. The third-order valence-corrected chi connectivity index (χ3v) is 3.61. The number of hydrogen-bond donors (Lipinski definition) is 1. The van der Waals surface area contributed by atoms with Crippen LogP contribution in [0.15, 0.2) is 48.5 Å². The van der Waals surface area contributed by atoms with Crippen LogP contribution in [-0.2, 0) is 11.2 Å². The van der Waals surface area contributed by atoms with Gasteiger partial charge >= 0.3 is 5.97 Å². The largest absolute Gasteiger partial charge is 0.494 e. The molecule has 116 valence electrons. The summed E-state index contributed by atoms with van der Waals surface area (Å²) in [6, 6.07) is 15.4. The summed E-state index contributed by atoms with van der Waals surface area (Å²) < 4.78 is 5.54. The van der Waals surface area contributed by atoms with Gasteiger partial charge in [0.2, 0.25) is 0 Å². The molecule has 0 saturated carbocycles. The Kier molecular flexibility index (Phi) is 5.59. The molecule has 0 spiro atoms. The Labute approximate surface area is 131 Å². The maximum Gasteiger partial charge on any atom is 0.311 e. The average molecular weight is 298 g/mol. The van der Waals surface area contributed by atoms with Gasteiger partial charge in [0.05, 0.1) is 12.5 Å². The quantitative estimate of drug-likeness (QED) is 0.833. The van der Waals surface area contributed by atoms with E-state index in [1.165, 1.54) is 0 Å². The zero-order chi connectivity index (χ0) is 15.9. The summed E-state index contributed by atoms with van der Waals surface area (Å²) in [4.78, 5) is 11.6. The summed E-state index contributed by atoms with van der Waals surface area (Å²) >= 11 is 0. The van der Waals surface area contributed by atoms with E-state index in [0.29, 0.717) is 13.0 Å². The topological polar surface area (TPSA) is 46.5 Å². The molecule has 0 saturated heterocycles. The van der Waals surface area contributed by atoms with Gasteiger partial charge in [0.1, 0.15) is 5.75 Å². The Bertz CT molecular complexity index is 600. The summed E-state index contributed by atoms with van der Waals surface area (Å²) in [6.45, 7) is 4.75. The molecule has 1 N–H and O–H groups in total. The first kappa shape index (κ1) is 16.1. The number of aliphatic carboxylic acids is 1. The van der Waals surface area contributed by atoms with E-state index in [9.17, 15) is 9.90 Å². The predicted octanol–water partition coefficient (Wildman–Crippen LogP) is 4.19. The van der Waals surface area contributed by atoms with Crippen molar-refractivity contribution in [3.05, 3.63) is 65.2 Å². The van der Waals surface area contributed by atoms with Crippen LogP contribution >= 0.6 is 0 Å². The summed E-state index contributed by atoms with van der Waals surface area (Å²) in [5.41, 5.74) is 2.96. The number of rotatable bonds is 7. The first-order valence-electron chi connectivity index (χ1n) is 7.61. The van der Waals surface area contributed by atoms with Gasteiger partial charge in [-0.1, -0.05) is 48.9 Å². The number of hydrogen-bond acceptors (Lipinski definition) is 2. The smallest absolute Gasteiger partial charge is 0.311 e. The lowest BCUT2D eigenvalue weighted by Gasteiger charge is -2.14. The Morgan fingerprint density at radius 3 is 2.27 bits per heavy atom. The van der Waals surface area contributed by atoms with Gasteiger partial charge in [0, 0.05) is 0 Å². The van der Waals surface area contributed by atoms with E-state index in [4.69, 9.17) is 4.74 Å². The second-order valence-electron chi connectivity index (χ2n) is 5.50. The summed E-state index contributed by atoms with van der Waals surface area (Å²) in [6.07, 6.45) is 1.45. The van der Waals surface area contributed by atoms with Gasteiger partial charge in [-0.05, 0) is 43.0 Å². The van der Waals surface area contributed by atoms with E-state index in [-0.39, 0.29) is 0 Å². The molecular weight excluding hydrogens is 276 g/mol. The lowest BCUT2D eigenvalue weighted by Crippen LogP contribution is -2.14. The average Bonchev–Trinajstić information content (AvgIpc) is 2.52. The van der Waals surface area contributed by atoms with Gasteiger partial charge in [0.15, 0.2) is 0 Å². The molecule has 0 radical (unpaired) electrons. The zero-order valence-electron chi connectivity index (χ0n) is 13.1. The number of carbonyl (C=O) groups is 1. The van der Waals surface area contributed by atoms with Crippen molar-refractivity contribution in [2.24, 2.45) is 0 Å². The summed E-state index contributed by atoms with van der Waals surface area (Å²) in [5, 5.41) is 9.50. The Hall–Kier alpha value is -2.29. The molecular formula is C19H22O3. The Morgan fingerprint density at radius 2 is 1.73 bits per heavy atom. The van der Waals surface area contributed by atoms with E-state index in [1.54, 1.807) is 0 Å². The highest BCUT2D eigenvalue weighted by Gasteiger charge is 2.20. The number of benzene rings is 2. The molecule has 0 heterocycles. The van der Waals surface area contributed by atoms with E-state index in [1.807, 2.05) is 55.5 Å². The second-order valence-corrected chi connectivity index (χ2v) is 5.50. The zero-order valence-corrected chi connectivity index (χ0v) is 13.1. The molecule has 2 aromatic carbocycles. The van der Waals surface area contributed by atoms with Crippen LogP contribution in [-0.4, -0.2) is 17.7 Å². The van der Waals surface area contributed by atoms with Gasteiger partial charge in [-0.2, -0.15) is 0 Å². The molecule has 0 amide bonds. The fourth-order valence-corrected chi connectivity index (χ4v) is 2.32. The molecule has 0 aliphatic heterocycles. The van der Waals surface area contributed by atoms with Gasteiger partial charge in [-0.15, -0.1) is 0 Å². The molecule has 2 aromatic rings. The predicted molar refractivity (Wildman–Crippen MR) is 87.5 cm³/mol. The molecule has 3 heteroatoms. The van der Waals surface area contributed by atoms with Crippen LogP contribution in [0.5, 0.6) is 5.75 Å². The standard InChI is InChI=1S/C19H22O3/c1-3-12-22-17-10-6-15(7-11-17)13-18(19(20)21)16-8-4-14(2)5-9-16/h4-11,18H,3,12-13H2,1-2H3,(H,20,21). The maximum absolute atomic E-state index is 11.6. The molecule has 0 aliphatic rings. The lowest BCUT2D eigenvalue weighted by atomic mass is 9.91. The Balaban J connectivity index is 2.11. The Morgan fingerprint density at radius 1 is 1.09 bits per heavy atom. The number of aryl methyl sites for hydroxylation is 1. The van der Waals surface area contributed by atoms with Crippen LogP contribution in [0.1, 0.15) is 36.0 Å². The monoisotopic (exact) mass is 298 g/mol. The fourth-order valence-electron chi connectivity index (χ4n) is 2.32. The fraction of sp³-hybridized carbons (Fsp3) is 0.316. The number of carboxylic acid groups (broad SMARTS) is 1. The molecule has 0 bridgehead atoms. The van der Waals surface area contributed by atoms with Gasteiger partial charge in [-0.3, -0.25) is 4.79 Å². The second kappa shape index (κ2) is 7.64. The van der Waals surface area contributed by atoms with E-state index >= 15 is 0 Å². The molecule has 22 heavy (non-hydrogen) atoms. The van der Waals surface area contributed by atoms with Gasteiger partial charge in [-0.25, -0.2) is 0 Å². The van der Waals surface area contributed by atoms with Crippen molar-refractivity contribution < 1.29 is 14.6 Å². The van der Waals surface area contributed by atoms with Crippen molar-refractivity contribution in [2.45, 2.75) is 32.6 Å². The van der Waals surface area contributed by atoms with Crippen molar-refractivity contribution >= 4 is 5.97 Å². The first-order valence-corrected chi connectivity index (χ1v) is 7.61. The molecule has 2 rings (SSSR count). The van der Waals surface area contributed by atoms with Crippen LogP contribution in [0.3, 0.4) is 0 Å². The third kappa shape index (κ3) is 4.35. The van der Waals surface area contributed by atoms with Gasteiger partial charge < -0.3 is 9.84 Å². The third-order valence-electron chi connectivity index (χ3n) is 3.61. The molecule has 0 aliphatic carbocycles. The van der Waals surface area contributed by atoms with Crippen molar-refractivity contribution in [2.75, 3.05) is 6.61 Å². The molecule has 1 unspecified atom stereocenters. The normalized spacial score (nSPS) is 11.9. The van der Waals surface area contributed by atoms with Crippen LogP contribution in [0.4, 0.5) is 0 Å². The van der Waals surface area contributed by atoms with Crippen molar-refractivity contribution in [1.29, 1.82) is 0 Å². The summed E-state index contributed by atoms with van der Waals surface area (Å²) in [5.74, 6) is -0.494. The minimum Gasteiger partial charge on any atom is -0.494 e. The molecule has 3 nitrogen and oxygen atoms in total. The van der Waals surface area contributed by atoms with E-state index in [2.05, 4.69) is 6.92 Å².